The summed E-state index contributed by atoms with van der Waals surface area (Å²) in [5.74, 6) is -1.74. The highest BCUT2D eigenvalue weighted by molar-refractivity contribution is 6.38. The fraction of sp³-hybridized carbons (Fsp3) is 0.389. The molecule has 2 aliphatic rings. The maximum absolute atomic E-state index is 13.8. The summed E-state index contributed by atoms with van der Waals surface area (Å²) in [6, 6.07) is 27.7. The van der Waals surface area contributed by atoms with E-state index in [0.29, 0.717) is 25.8 Å². The van der Waals surface area contributed by atoms with Crippen LogP contribution in [-0.4, -0.2) is 60.1 Å². The van der Waals surface area contributed by atoms with Crippen LogP contribution in [-0.2, 0) is 25.7 Å². The molecular formula is C36H42N4O4. The topological polar surface area (TPSA) is 108 Å². The zero-order valence-corrected chi connectivity index (χ0v) is 25.1. The van der Waals surface area contributed by atoms with Crippen molar-refractivity contribution in [2.75, 3.05) is 19.6 Å². The van der Waals surface area contributed by atoms with Crippen molar-refractivity contribution < 1.29 is 19.2 Å². The number of piperidine rings is 1. The quantitative estimate of drug-likeness (QED) is 0.275. The minimum absolute atomic E-state index is 0.0952. The molecule has 2 heterocycles. The molecule has 2 aliphatic heterocycles. The van der Waals surface area contributed by atoms with Gasteiger partial charge in [-0.15, -0.1) is 0 Å². The zero-order valence-electron chi connectivity index (χ0n) is 25.1. The second kappa shape index (κ2) is 15.4. The smallest absolute Gasteiger partial charge is 0.289 e. The van der Waals surface area contributed by atoms with Gasteiger partial charge in [0.1, 0.15) is 6.04 Å². The minimum atomic E-state index is -0.944. The van der Waals surface area contributed by atoms with Gasteiger partial charge in [0, 0.05) is 25.4 Å². The normalized spacial score (nSPS) is 17.7. The third kappa shape index (κ3) is 8.20. The number of ketones is 1. The summed E-state index contributed by atoms with van der Waals surface area (Å²) in [4.78, 5) is 55.6. The summed E-state index contributed by atoms with van der Waals surface area (Å²) in [7, 11) is 0. The monoisotopic (exact) mass is 594 g/mol. The molecule has 3 N–H and O–H groups in total. The average Bonchev–Trinajstić information content (AvgIpc) is 3.58. The fourth-order valence-corrected chi connectivity index (χ4v) is 6.40. The Morgan fingerprint density at radius 2 is 1.39 bits per heavy atom. The van der Waals surface area contributed by atoms with Crippen LogP contribution >= 0.6 is 0 Å². The molecule has 8 nitrogen and oxygen atoms in total. The molecule has 2 fully saturated rings. The number of amides is 3. The molecule has 230 valence electrons. The number of hydrogen-bond donors (Lipinski definition) is 3. The van der Waals surface area contributed by atoms with Gasteiger partial charge in [0.15, 0.2) is 0 Å². The van der Waals surface area contributed by atoms with Gasteiger partial charge in [0.05, 0.1) is 6.04 Å². The molecular weight excluding hydrogens is 552 g/mol. The molecule has 0 saturated carbocycles. The van der Waals surface area contributed by atoms with Crippen molar-refractivity contribution in [3.63, 3.8) is 0 Å². The average molecular weight is 595 g/mol. The molecule has 3 aromatic carbocycles. The Labute approximate surface area is 259 Å². The predicted octanol–water partition coefficient (Wildman–Crippen LogP) is 3.96. The number of hydrogen-bond acceptors (Lipinski definition) is 5. The lowest BCUT2D eigenvalue weighted by Gasteiger charge is -2.30. The van der Waals surface area contributed by atoms with Crippen LogP contribution in [0.5, 0.6) is 0 Å². The molecule has 2 saturated heterocycles. The standard InChI is InChI=1S/C36H42N4O4/c41-33(24-30(28-13-6-2-7-14-28)29-15-8-3-9-16-29)40-22-10-17-32(40)35(43)39-31(23-26-18-20-37-21-19-26)34(42)36(44)38-25-27-11-4-1-5-12-27/h1-9,11-16,26,30-32,37H,10,17-25H2,(H,38,44)(H,39,43)/t31-,32-/m0/s1. The van der Waals surface area contributed by atoms with E-state index >= 15 is 0 Å². The van der Waals surface area contributed by atoms with E-state index in [1.165, 1.54) is 0 Å². The molecule has 3 amide bonds. The maximum Gasteiger partial charge on any atom is 0.289 e. The van der Waals surface area contributed by atoms with Crippen LogP contribution in [0, 0.1) is 5.92 Å². The molecule has 8 heteroatoms. The Balaban J connectivity index is 1.27. The number of rotatable bonds is 12. The van der Waals surface area contributed by atoms with E-state index in [-0.39, 0.29) is 36.6 Å². The van der Waals surface area contributed by atoms with Crippen molar-refractivity contribution in [3.8, 4) is 0 Å². The number of Topliss-reactive ketones (excluding diaryl/α,β-unsaturated/α-hetero) is 1. The van der Waals surface area contributed by atoms with Crippen LogP contribution in [0.25, 0.3) is 0 Å². The number of carbonyl (C=O) groups is 4. The van der Waals surface area contributed by atoms with Gasteiger partial charge in [-0.3, -0.25) is 19.2 Å². The van der Waals surface area contributed by atoms with E-state index in [2.05, 4.69) is 16.0 Å². The molecule has 0 radical (unpaired) electrons. The van der Waals surface area contributed by atoms with E-state index in [1.807, 2.05) is 91.0 Å². The molecule has 44 heavy (non-hydrogen) atoms. The first-order valence-electron chi connectivity index (χ1n) is 15.8. The van der Waals surface area contributed by atoms with Crippen molar-refractivity contribution in [3.05, 3.63) is 108 Å². The Bertz CT molecular complexity index is 1350. The SMILES string of the molecule is O=C(NCc1ccccc1)C(=O)[C@H](CC1CCNCC1)NC(=O)[C@@H]1CCCN1C(=O)CC(c1ccccc1)c1ccccc1. The van der Waals surface area contributed by atoms with Crippen molar-refractivity contribution in [1.29, 1.82) is 0 Å². The summed E-state index contributed by atoms with van der Waals surface area (Å²) in [5, 5.41) is 8.97. The minimum Gasteiger partial charge on any atom is -0.345 e. The van der Waals surface area contributed by atoms with Crippen molar-refractivity contribution in [1.82, 2.24) is 20.9 Å². The van der Waals surface area contributed by atoms with Crippen LogP contribution < -0.4 is 16.0 Å². The van der Waals surface area contributed by atoms with Crippen LogP contribution in [0.1, 0.15) is 61.1 Å². The highest BCUT2D eigenvalue weighted by atomic mass is 16.2. The Morgan fingerprint density at radius 1 is 0.795 bits per heavy atom. The largest absolute Gasteiger partial charge is 0.345 e. The van der Waals surface area contributed by atoms with Gasteiger partial charge in [-0.05, 0) is 67.8 Å². The first kappa shape index (κ1) is 31.1. The Morgan fingerprint density at radius 3 is 2.00 bits per heavy atom. The van der Waals surface area contributed by atoms with E-state index in [9.17, 15) is 19.2 Å². The first-order valence-corrected chi connectivity index (χ1v) is 15.8. The molecule has 3 aromatic rings. The van der Waals surface area contributed by atoms with Crippen LogP contribution in [0.3, 0.4) is 0 Å². The van der Waals surface area contributed by atoms with E-state index < -0.39 is 23.8 Å². The van der Waals surface area contributed by atoms with E-state index in [4.69, 9.17) is 0 Å². The lowest BCUT2D eigenvalue weighted by Crippen LogP contribution is -2.54. The molecule has 0 aromatic heterocycles. The third-order valence-electron chi connectivity index (χ3n) is 8.84. The zero-order chi connectivity index (χ0) is 30.7. The number of nitrogens with one attached hydrogen (secondary N) is 3. The lowest BCUT2D eigenvalue weighted by atomic mass is 9.88. The van der Waals surface area contributed by atoms with Gasteiger partial charge in [-0.1, -0.05) is 91.0 Å². The Hall–Kier alpha value is -4.30. The van der Waals surface area contributed by atoms with Gasteiger partial charge >= 0.3 is 0 Å². The number of likely N-dealkylation sites (tertiary alicyclic amines) is 1. The maximum atomic E-state index is 13.8. The van der Waals surface area contributed by atoms with Crippen molar-refractivity contribution in [2.45, 2.75) is 63.1 Å². The first-order chi connectivity index (χ1) is 21.5. The van der Waals surface area contributed by atoms with Gasteiger partial charge in [-0.2, -0.15) is 0 Å². The highest BCUT2D eigenvalue weighted by Crippen LogP contribution is 2.30. The van der Waals surface area contributed by atoms with Gasteiger partial charge < -0.3 is 20.9 Å². The second-order valence-electron chi connectivity index (χ2n) is 11.8. The highest BCUT2D eigenvalue weighted by Gasteiger charge is 2.38. The lowest BCUT2D eigenvalue weighted by molar-refractivity contribution is -0.142. The number of nitrogens with zero attached hydrogens (tertiary/aromatic N) is 1. The summed E-state index contributed by atoms with van der Waals surface area (Å²) in [6.07, 6.45) is 3.61. The number of carbonyl (C=O) groups excluding carboxylic acids is 4. The second-order valence-corrected chi connectivity index (χ2v) is 11.8. The molecule has 0 bridgehead atoms. The summed E-state index contributed by atoms with van der Waals surface area (Å²) < 4.78 is 0. The molecule has 0 unspecified atom stereocenters. The van der Waals surface area contributed by atoms with Gasteiger partial charge in [-0.25, -0.2) is 0 Å². The van der Waals surface area contributed by atoms with Crippen molar-refractivity contribution in [2.24, 2.45) is 5.92 Å². The fourth-order valence-electron chi connectivity index (χ4n) is 6.40. The van der Waals surface area contributed by atoms with Gasteiger partial charge in [0.2, 0.25) is 17.6 Å². The van der Waals surface area contributed by atoms with E-state index in [1.54, 1.807) is 4.90 Å². The summed E-state index contributed by atoms with van der Waals surface area (Å²) in [5.41, 5.74) is 2.97. The molecule has 0 aliphatic carbocycles. The molecule has 2 atom stereocenters. The summed E-state index contributed by atoms with van der Waals surface area (Å²) in [6.45, 7) is 2.40. The molecule has 0 spiro atoms. The predicted molar refractivity (Wildman–Crippen MR) is 170 cm³/mol. The van der Waals surface area contributed by atoms with Crippen molar-refractivity contribution >= 4 is 23.5 Å². The Kier molecular flexibility index (Phi) is 10.9. The third-order valence-corrected chi connectivity index (χ3v) is 8.84. The number of benzene rings is 3. The van der Waals surface area contributed by atoms with E-state index in [0.717, 1.165) is 42.6 Å². The van der Waals surface area contributed by atoms with Crippen LogP contribution in [0.15, 0.2) is 91.0 Å². The molecule has 5 rings (SSSR count). The van der Waals surface area contributed by atoms with Crippen LogP contribution in [0.4, 0.5) is 0 Å². The van der Waals surface area contributed by atoms with Gasteiger partial charge in [0.25, 0.3) is 5.91 Å². The summed E-state index contributed by atoms with van der Waals surface area (Å²) >= 11 is 0. The van der Waals surface area contributed by atoms with Crippen LogP contribution in [0.2, 0.25) is 0 Å².